The molecule has 2 aliphatic heterocycles. The summed E-state index contributed by atoms with van der Waals surface area (Å²) >= 11 is 0. The third kappa shape index (κ3) is 5.05. The molecule has 3 rings (SSSR count). The van der Waals surface area contributed by atoms with Gasteiger partial charge in [-0.25, -0.2) is 4.79 Å². The highest BCUT2D eigenvalue weighted by atomic mass is 16.7. The van der Waals surface area contributed by atoms with Gasteiger partial charge in [0.25, 0.3) is 0 Å². The molecule has 0 aliphatic carbocycles. The summed E-state index contributed by atoms with van der Waals surface area (Å²) in [5.41, 5.74) is 1.82. The van der Waals surface area contributed by atoms with E-state index in [-0.39, 0.29) is 12.5 Å². The molecule has 7 nitrogen and oxygen atoms in total. The number of ether oxygens (including phenoxy) is 1. The van der Waals surface area contributed by atoms with E-state index >= 15 is 0 Å². The Morgan fingerprint density at radius 3 is 2.47 bits per heavy atom. The van der Waals surface area contributed by atoms with Gasteiger partial charge in [-0.15, -0.1) is 0 Å². The third-order valence-corrected chi connectivity index (χ3v) is 5.50. The van der Waals surface area contributed by atoms with Crippen LogP contribution in [0.25, 0.3) is 6.08 Å². The number of fused-ring (bicyclic) bond motifs is 1. The highest BCUT2D eigenvalue weighted by molar-refractivity contribution is 6.56. The summed E-state index contributed by atoms with van der Waals surface area (Å²) in [6.45, 7) is 13.6. The lowest BCUT2D eigenvalue weighted by Crippen LogP contribution is -2.41. The molecule has 0 bridgehead atoms. The lowest BCUT2D eigenvalue weighted by molar-refractivity contribution is -0.115. The molecule has 1 fully saturated rings. The average molecular weight is 414 g/mol. The molecule has 0 saturated carbocycles. The Kier molecular flexibility index (Phi) is 5.77. The molecule has 0 unspecified atom stereocenters. The lowest BCUT2D eigenvalue weighted by atomic mass is 9.77. The fourth-order valence-corrected chi connectivity index (χ4v) is 3.22. The van der Waals surface area contributed by atoms with Crippen LogP contribution >= 0.6 is 0 Å². The van der Waals surface area contributed by atoms with Gasteiger partial charge in [-0.3, -0.25) is 4.79 Å². The van der Waals surface area contributed by atoms with Crippen molar-refractivity contribution in [1.82, 2.24) is 5.32 Å². The number of alkyl carbamates (subject to hydrolysis) is 1. The molecule has 162 valence electrons. The Labute approximate surface area is 178 Å². The first kappa shape index (κ1) is 22.4. The molecule has 2 N–H and O–H groups in total. The number of hydrogen-bond acceptors (Lipinski definition) is 5. The summed E-state index contributed by atoms with van der Waals surface area (Å²) in [5.74, 6) is -0.0103. The number of carbonyl (C=O) groups excluding carboxylic acids is 2. The quantitative estimate of drug-likeness (QED) is 0.734. The number of rotatable bonds is 4. The van der Waals surface area contributed by atoms with Crippen molar-refractivity contribution in [3.63, 3.8) is 0 Å². The molecule has 2 amide bonds. The monoisotopic (exact) mass is 414 g/mol. The van der Waals surface area contributed by atoms with E-state index in [2.05, 4.69) is 10.6 Å². The second kappa shape index (κ2) is 7.74. The number of amides is 2. The van der Waals surface area contributed by atoms with Gasteiger partial charge in [0.1, 0.15) is 5.60 Å². The van der Waals surface area contributed by atoms with Gasteiger partial charge in [0.05, 0.1) is 17.6 Å². The smallest absolute Gasteiger partial charge is 0.444 e. The van der Waals surface area contributed by atoms with E-state index in [0.29, 0.717) is 6.42 Å². The summed E-state index contributed by atoms with van der Waals surface area (Å²) in [7, 11) is -0.618. The van der Waals surface area contributed by atoms with Gasteiger partial charge in [-0.05, 0) is 71.1 Å². The summed E-state index contributed by atoms with van der Waals surface area (Å²) in [6.07, 6.45) is 1.81. The number of benzene rings is 1. The predicted octanol–water partition coefficient (Wildman–Crippen LogP) is 3.72. The van der Waals surface area contributed by atoms with Gasteiger partial charge >= 0.3 is 13.2 Å². The molecule has 8 heteroatoms. The third-order valence-electron chi connectivity index (χ3n) is 5.50. The van der Waals surface area contributed by atoms with Crippen molar-refractivity contribution in [1.29, 1.82) is 0 Å². The van der Waals surface area contributed by atoms with Gasteiger partial charge < -0.3 is 24.7 Å². The molecule has 30 heavy (non-hydrogen) atoms. The molecule has 1 aromatic rings. The van der Waals surface area contributed by atoms with Crippen molar-refractivity contribution in [2.24, 2.45) is 0 Å². The minimum absolute atomic E-state index is 0.0103. The lowest BCUT2D eigenvalue weighted by Gasteiger charge is -2.32. The Bertz CT molecular complexity index is 870. The van der Waals surface area contributed by atoms with E-state index in [1.165, 1.54) is 0 Å². The van der Waals surface area contributed by atoms with Crippen LogP contribution in [0.3, 0.4) is 0 Å². The molecule has 1 saturated heterocycles. The molecular formula is C22H31BN2O5. The Morgan fingerprint density at radius 2 is 1.87 bits per heavy atom. The van der Waals surface area contributed by atoms with Crippen LogP contribution in [0, 0.1) is 0 Å². The van der Waals surface area contributed by atoms with Crippen LogP contribution in [-0.4, -0.2) is 42.5 Å². The fourth-order valence-electron chi connectivity index (χ4n) is 3.22. The van der Waals surface area contributed by atoms with Crippen LogP contribution in [0.2, 0.25) is 0 Å². The van der Waals surface area contributed by atoms with Gasteiger partial charge in [-0.1, -0.05) is 18.2 Å². The SMILES string of the molecule is CC(C)(C)OC(=O)NCC(=Cc1ccc2c(c1)NC(=O)C2)B1OC(C)(C)C(C)(C)O1. The van der Waals surface area contributed by atoms with Crippen molar-refractivity contribution in [2.45, 2.75) is 71.7 Å². The molecule has 1 aromatic carbocycles. The Hall–Kier alpha value is -2.32. The number of carbonyl (C=O) groups is 2. The largest absolute Gasteiger partial charge is 0.492 e. The van der Waals surface area contributed by atoms with E-state index in [9.17, 15) is 9.59 Å². The molecule has 2 heterocycles. The second-order valence-corrected chi connectivity index (χ2v) is 9.80. The standard InChI is InChI=1S/C22H31BN2O5/c1-20(2,3)28-19(27)24-13-16(23-29-21(4,5)22(6,7)30-23)10-14-8-9-15-12-18(26)25-17(15)11-14/h8-11H,12-13H2,1-7H3,(H,24,27)(H,25,26). The second-order valence-electron chi connectivity index (χ2n) is 9.80. The predicted molar refractivity (Wildman–Crippen MR) is 117 cm³/mol. The van der Waals surface area contributed by atoms with Gasteiger partial charge in [0.15, 0.2) is 0 Å². The van der Waals surface area contributed by atoms with Crippen molar-refractivity contribution in [3.8, 4) is 0 Å². The zero-order valence-electron chi connectivity index (χ0n) is 18.8. The fraction of sp³-hybridized carbons (Fsp3) is 0.545. The van der Waals surface area contributed by atoms with Crippen LogP contribution in [0.5, 0.6) is 0 Å². The van der Waals surface area contributed by atoms with Crippen molar-refractivity contribution in [3.05, 3.63) is 34.8 Å². The van der Waals surface area contributed by atoms with Gasteiger partial charge in [0.2, 0.25) is 5.91 Å². The Morgan fingerprint density at radius 1 is 1.23 bits per heavy atom. The first-order valence-corrected chi connectivity index (χ1v) is 10.2. The van der Waals surface area contributed by atoms with Crippen LogP contribution in [-0.2, 0) is 25.3 Å². The van der Waals surface area contributed by atoms with E-state index in [1.54, 1.807) is 0 Å². The molecule has 0 atom stereocenters. The first-order chi connectivity index (χ1) is 13.8. The van der Waals surface area contributed by atoms with Crippen molar-refractivity contribution < 1.29 is 23.6 Å². The van der Waals surface area contributed by atoms with E-state index in [4.69, 9.17) is 14.0 Å². The highest BCUT2D eigenvalue weighted by Gasteiger charge is 2.52. The summed E-state index contributed by atoms with van der Waals surface area (Å²) in [6, 6.07) is 5.79. The van der Waals surface area contributed by atoms with Gasteiger partial charge in [0, 0.05) is 12.2 Å². The van der Waals surface area contributed by atoms with Crippen LogP contribution in [0.4, 0.5) is 10.5 Å². The minimum Gasteiger partial charge on any atom is -0.444 e. The highest BCUT2D eigenvalue weighted by Crippen LogP contribution is 2.39. The van der Waals surface area contributed by atoms with E-state index in [0.717, 1.165) is 22.3 Å². The zero-order valence-corrected chi connectivity index (χ0v) is 18.8. The molecular weight excluding hydrogens is 383 g/mol. The number of nitrogens with one attached hydrogen (secondary N) is 2. The summed E-state index contributed by atoms with van der Waals surface area (Å²) in [4.78, 5) is 23.8. The van der Waals surface area contributed by atoms with Crippen molar-refractivity contribution >= 4 is 30.9 Å². The average Bonchev–Trinajstić information content (AvgIpc) is 3.04. The molecule has 0 aromatic heterocycles. The first-order valence-electron chi connectivity index (χ1n) is 10.2. The Balaban J connectivity index is 1.85. The summed E-state index contributed by atoms with van der Waals surface area (Å²) < 4.78 is 17.7. The number of anilines is 1. The van der Waals surface area contributed by atoms with Crippen LogP contribution in [0.1, 0.15) is 59.6 Å². The number of hydrogen-bond donors (Lipinski definition) is 2. The zero-order chi connectivity index (χ0) is 22.3. The van der Waals surface area contributed by atoms with E-state index in [1.807, 2.05) is 72.7 Å². The molecule has 0 spiro atoms. The van der Waals surface area contributed by atoms with E-state index < -0.39 is 30.0 Å². The topological polar surface area (TPSA) is 85.9 Å². The molecule has 2 aliphatic rings. The van der Waals surface area contributed by atoms with Gasteiger partial charge in [-0.2, -0.15) is 0 Å². The maximum Gasteiger partial charge on any atom is 0.492 e. The minimum atomic E-state index is -0.618. The van der Waals surface area contributed by atoms with Crippen LogP contribution in [0.15, 0.2) is 23.7 Å². The maximum atomic E-state index is 12.2. The molecule has 0 radical (unpaired) electrons. The normalized spacial score (nSPS) is 20.0. The maximum absolute atomic E-state index is 12.2. The summed E-state index contributed by atoms with van der Waals surface area (Å²) in [5, 5.41) is 5.65. The van der Waals surface area contributed by atoms with Crippen LogP contribution < -0.4 is 10.6 Å². The van der Waals surface area contributed by atoms with Crippen molar-refractivity contribution in [2.75, 3.05) is 11.9 Å².